The van der Waals surface area contributed by atoms with Gasteiger partial charge in [0.25, 0.3) is 0 Å². The molecule has 6 heteroatoms. The van der Waals surface area contributed by atoms with Gasteiger partial charge in [-0.15, -0.1) is 0 Å². The Kier molecular flexibility index (Phi) is 4.34. The molecule has 3 nitrogen and oxygen atoms in total. The molecule has 1 rings (SSSR count). The molecule has 0 saturated carbocycles. The highest BCUT2D eigenvalue weighted by molar-refractivity contribution is 5.35. The van der Waals surface area contributed by atoms with Crippen LogP contribution in [0.1, 0.15) is 23.7 Å². The van der Waals surface area contributed by atoms with Crippen LogP contribution in [0.15, 0.2) is 6.07 Å². The summed E-state index contributed by atoms with van der Waals surface area (Å²) in [5.74, 6) is 0.159. The Morgan fingerprint density at radius 2 is 2.06 bits per heavy atom. The van der Waals surface area contributed by atoms with Crippen molar-refractivity contribution in [3.05, 3.63) is 22.9 Å². The number of nitrogens with zero attached hydrogens (tertiary/aromatic N) is 1. The van der Waals surface area contributed by atoms with E-state index in [1.807, 2.05) is 0 Å². The number of aryl methyl sites for hydroxylation is 2. The third-order valence-electron chi connectivity index (χ3n) is 2.27. The topological polar surface area (TPSA) is 42.4 Å². The highest BCUT2D eigenvalue weighted by atomic mass is 19.4. The van der Waals surface area contributed by atoms with Crippen LogP contribution in [0, 0.1) is 6.92 Å². The van der Waals surface area contributed by atoms with Crippen LogP contribution >= 0.6 is 0 Å². The second kappa shape index (κ2) is 5.35. The zero-order valence-electron chi connectivity index (χ0n) is 9.64. The van der Waals surface area contributed by atoms with Crippen molar-refractivity contribution in [1.82, 2.24) is 4.98 Å². The molecule has 0 radical (unpaired) electrons. The van der Waals surface area contributed by atoms with E-state index in [1.54, 1.807) is 6.92 Å². The number of halogens is 3. The van der Waals surface area contributed by atoms with Crippen LogP contribution in [0.3, 0.4) is 0 Å². The van der Waals surface area contributed by atoms with Crippen LogP contribution in [0.4, 0.5) is 13.2 Å². The Morgan fingerprint density at radius 3 is 2.53 bits per heavy atom. The Bertz CT molecular complexity index is 391. The Hall–Kier alpha value is -1.30. The van der Waals surface area contributed by atoms with Gasteiger partial charge in [-0.05, 0) is 19.4 Å². The van der Waals surface area contributed by atoms with Gasteiger partial charge in [0.15, 0.2) is 0 Å². The fourth-order valence-corrected chi connectivity index (χ4v) is 1.43. The number of hydrogen-bond donors (Lipinski definition) is 1. The number of alkyl halides is 3. The first-order valence-corrected chi connectivity index (χ1v) is 5.21. The quantitative estimate of drug-likeness (QED) is 0.890. The summed E-state index contributed by atoms with van der Waals surface area (Å²) in [4.78, 5) is 3.79. The second-order valence-electron chi connectivity index (χ2n) is 3.51. The molecule has 0 atom stereocenters. The van der Waals surface area contributed by atoms with Crippen LogP contribution in [0.5, 0.6) is 5.88 Å². The summed E-state index contributed by atoms with van der Waals surface area (Å²) in [6, 6.07) is 1.05. The van der Waals surface area contributed by atoms with Crippen LogP contribution in [-0.2, 0) is 12.6 Å². The maximum absolute atomic E-state index is 12.6. The molecule has 0 amide bonds. The first-order valence-electron chi connectivity index (χ1n) is 5.21. The predicted molar refractivity (Wildman–Crippen MR) is 55.9 cm³/mol. The molecule has 17 heavy (non-hydrogen) atoms. The lowest BCUT2D eigenvalue weighted by Crippen LogP contribution is -2.12. The van der Waals surface area contributed by atoms with E-state index >= 15 is 0 Å². The third-order valence-corrected chi connectivity index (χ3v) is 2.27. The summed E-state index contributed by atoms with van der Waals surface area (Å²) < 4.78 is 43.0. The van der Waals surface area contributed by atoms with Crippen molar-refractivity contribution in [3.63, 3.8) is 0 Å². The zero-order chi connectivity index (χ0) is 13.1. The van der Waals surface area contributed by atoms with Gasteiger partial charge in [0.05, 0.1) is 17.9 Å². The lowest BCUT2D eigenvalue weighted by Gasteiger charge is -2.14. The molecule has 0 aliphatic carbocycles. The molecule has 0 bridgehead atoms. The van der Waals surface area contributed by atoms with Crippen molar-refractivity contribution in [2.45, 2.75) is 26.4 Å². The number of aliphatic hydroxyl groups is 1. The van der Waals surface area contributed by atoms with Crippen LogP contribution in [0.2, 0.25) is 0 Å². The first kappa shape index (κ1) is 13.8. The Morgan fingerprint density at radius 1 is 1.41 bits per heavy atom. The highest BCUT2D eigenvalue weighted by Crippen LogP contribution is 2.33. The first-order chi connectivity index (χ1) is 7.90. The SMILES string of the molecule is CCc1cc(C(F)(F)F)c(C)nc1OCCO. The van der Waals surface area contributed by atoms with E-state index in [1.165, 1.54) is 6.92 Å². The minimum Gasteiger partial charge on any atom is -0.475 e. The third kappa shape index (κ3) is 3.33. The summed E-state index contributed by atoms with van der Waals surface area (Å²) in [5, 5.41) is 8.61. The lowest BCUT2D eigenvalue weighted by molar-refractivity contribution is -0.138. The van der Waals surface area contributed by atoms with Crippen molar-refractivity contribution < 1.29 is 23.0 Å². The molecule has 1 aromatic rings. The fourth-order valence-electron chi connectivity index (χ4n) is 1.43. The number of pyridine rings is 1. The Balaban J connectivity index is 3.15. The summed E-state index contributed by atoms with van der Waals surface area (Å²) >= 11 is 0. The van der Waals surface area contributed by atoms with Gasteiger partial charge in [-0.3, -0.25) is 0 Å². The molecular weight excluding hydrogens is 235 g/mol. The second-order valence-corrected chi connectivity index (χ2v) is 3.51. The Labute approximate surface area is 97.2 Å². The van der Waals surface area contributed by atoms with Crippen molar-refractivity contribution >= 4 is 0 Å². The number of ether oxygens (including phenoxy) is 1. The standard InChI is InChI=1S/C11H14F3NO2/c1-3-8-6-9(11(12,13)14)7(2)15-10(8)17-5-4-16/h6,16H,3-5H2,1-2H3. The fraction of sp³-hybridized carbons (Fsp3) is 0.545. The van der Waals surface area contributed by atoms with E-state index in [-0.39, 0.29) is 24.8 Å². The largest absolute Gasteiger partial charge is 0.475 e. The summed E-state index contributed by atoms with van der Waals surface area (Å²) in [6.07, 6.45) is -4.02. The molecular formula is C11H14F3NO2. The van der Waals surface area contributed by atoms with E-state index in [4.69, 9.17) is 9.84 Å². The van der Waals surface area contributed by atoms with E-state index in [2.05, 4.69) is 4.98 Å². The van der Waals surface area contributed by atoms with E-state index < -0.39 is 11.7 Å². The molecule has 1 N–H and O–H groups in total. The zero-order valence-corrected chi connectivity index (χ0v) is 9.64. The van der Waals surface area contributed by atoms with E-state index in [0.29, 0.717) is 12.0 Å². The van der Waals surface area contributed by atoms with Gasteiger partial charge in [0, 0.05) is 5.56 Å². The van der Waals surface area contributed by atoms with Crippen molar-refractivity contribution in [3.8, 4) is 5.88 Å². The maximum Gasteiger partial charge on any atom is 0.418 e. The van der Waals surface area contributed by atoms with Gasteiger partial charge in [0.1, 0.15) is 6.61 Å². The number of hydrogen-bond acceptors (Lipinski definition) is 3. The minimum atomic E-state index is -4.41. The van der Waals surface area contributed by atoms with Gasteiger partial charge >= 0.3 is 6.18 Å². The maximum atomic E-state index is 12.6. The smallest absolute Gasteiger partial charge is 0.418 e. The molecule has 0 aromatic carbocycles. The molecule has 1 aromatic heterocycles. The van der Waals surface area contributed by atoms with Crippen molar-refractivity contribution in [2.75, 3.05) is 13.2 Å². The van der Waals surface area contributed by atoms with E-state index in [9.17, 15) is 13.2 Å². The van der Waals surface area contributed by atoms with Gasteiger partial charge < -0.3 is 9.84 Å². The van der Waals surface area contributed by atoms with Gasteiger partial charge in [-0.2, -0.15) is 13.2 Å². The molecule has 0 fully saturated rings. The minimum absolute atomic E-state index is 0.0187. The molecule has 0 unspecified atom stereocenters. The molecule has 1 heterocycles. The molecule has 96 valence electrons. The van der Waals surface area contributed by atoms with Crippen molar-refractivity contribution in [2.24, 2.45) is 0 Å². The summed E-state index contributed by atoms with van der Waals surface area (Å²) in [5.41, 5.74) is -0.482. The highest BCUT2D eigenvalue weighted by Gasteiger charge is 2.34. The predicted octanol–water partition coefficient (Wildman–Crippen LogP) is 2.34. The number of rotatable bonds is 4. The average molecular weight is 249 g/mol. The molecule has 0 aliphatic heterocycles. The molecule has 0 aliphatic rings. The van der Waals surface area contributed by atoms with E-state index in [0.717, 1.165) is 6.07 Å². The average Bonchev–Trinajstić information content (AvgIpc) is 2.24. The normalized spacial score (nSPS) is 11.6. The van der Waals surface area contributed by atoms with Gasteiger partial charge in [-0.25, -0.2) is 4.98 Å². The van der Waals surface area contributed by atoms with Gasteiger partial charge in [-0.1, -0.05) is 6.92 Å². The number of aliphatic hydroxyl groups excluding tert-OH is 1. The monoisotopic (exact) mass is 249 g/mol. The lowest BCUT2D eigenvalue weighted by atomic mass is 10.1. The van der Waals surface area contributed by atoms with Gasteiger partial charge in [0.2, 0.25) is 5.88 Å². The molecule has 0 spiro atoms. The van der Waals surface area contributed by atoms with Crippen LogP contribution in [-0.4, -0.2) is 23.3 Å². The summed E-state index contributed by atoms with van der Waals surface area (Å²) in [6.45, 7) is 2.82. The van der Waals surface area contributed by atoms with Crippen LogP contribution < -0.4 is 4.74 Å². The van der Waals surface area contributed by atoms with Crippen LogP contribution in [0.25, 0.3) is 0 Å². The number of aromatic nitrogens is 1. The van der Waals surface area contributed by atoms with Crippen molar-refractivity contribution in [1.29, 1.82) is 0 Å². The summed E-state index contributed by atoms with van der Waals surface area (Å²) in [7, 11) is 0. The molecule has 0 saturated heterocycles.